The third-order valence-corrected chi connectivity index (χ3v) is 4.01. The molecule has 3 rings (SSSR count). The number of rotatable bonds is 5. The van der Waals surface area contributed by atoms with Gasteiger partial charge in [-0.05, 0) is 30.5 Å². The van der Waals surface area contributed by atoms with Gasteiger partial charge in [0.1, 0.15) is 0 Å². The van der Waals surface area contributed by atoms with E-state index in [4.69, 9.17) is 14.6 Å². The summed E-state index contributed by atoms with van der Waals surface area (Å²) < 4.78 is 10.5. The third kappa shape index (κ3) is 3.14. The summed E-state index contributed by atoms with van der Waals surface area (Å²) in [5.74, 6) is -0.0618. The highest BCUT2D eigenvalue weighted by molar-refractivity contribution is 6.35. The van der Waals surface area contributed by atoms with Crippen LogP contribution in [0, 0.1) is 5.41 Å². The minimum Gasteiger partial charge on any atom is -0.454 e. The fourth-order valence-corrected chi connectivity index (χ4v) is 2.23. The van der Waals surface area contributed by atoms with Crippen molar-refractivity contribution in [1.29, 1.82) is 0 Å². The monoisotopic (exact) mass is 306 g/mol. The van der Waals surface area contributed by atoms with Crippen molar-refractivity contribution in [3.8, 4) is 11.5 Å². The van der Waals surface area contributed by atoms with Gasteiger partial charge in [-0.25, -0.2) is 0 Å². The Morgan fingerprint density at radius 1 is 1.14 bits per heavy atom. The molecule has 7 nitrogen and oxygen atoms in total. The van der Waals surface area contributed by atoms with Crippen LogP contribution in [-0.4, -0.2) is 36.9 Å². The van der Waals surface area contributed by atoms with Crippen molar-refractivity contribution in [3.05, 3.63) is 23.8 Å². The number of nitrogens with one attached hydrogen (secondary N) is 2. The Morgan fingerprint density at radius 2 is 1.86 bits per heavy atom. The first kappa shape index (κ1) is 14.6. The van der Waals surface area contributed by atoms with Gasteiger partial charge in [-0.2, -0.15) is 0 Å². The molecular weight excluding hydrogens is 288 g/mol. The predicted octanol–water partition coefficient (Wildman–Crippen LogP) is -0.0798. The summed E-state index contributed by atoms with van der Waals surface area (Å²) in [6.45, 7) is 0.792. The van der Waals surface area contributed by atoms with Gasteiger partial charge in [-0.1, -0.05) is 6.07 Å². The Hall–Kier alpha value is -2.28. The second-order valence-corrected chi connectivity index (χ2v) is 5.71. The second kappa shape index (κ2) is 5.84. The summed E-state index contributed by atoms with van der Waals surface area (Å²) in [5, 5.41) is 14.3. The van der Waals surface area contributed by atoms with E-state index in [0.29, 0.717) is 18.0 Å². The van der Waals surface area contributed by atoms with E-state index in [-0.39, 0.29) is 25.4 Å². The van der Waals surface area contributed by atoms with E-state index >= 15 is 0 Å². The number of amides is 2. The van der Waals surface area contributed by atoms with Crippen molar-refractivity contribution >= 4 is 11.8 Å². The molecule has 3 N–H and O–H groups in total. The second-order valence-electron chi connectivity index (χ2n) is 5.71. The Balaban J connectivity index is 1.46. The molecule has 2 amide bonds. The van der Waals surface area contributed by atoms with E-state index < -0.39 is 11.8 Å². The van der Waals surface area contributed by atoms with Crippen LogP contribution in [0.25, 0.3) is 0 Å². The third-order valence-electron chi connectivity index (χ3n) is 4.01. The number of hydrogen-bond acceptors (Lipinski definition) is 5. The number of ether oxygens (including phenoxy) is 2. The topological polar surface area (TPSA) is 96.9 Å². The average molecular weight is 306 g/mol. The van der Waals surface area contributed by atoms with Crippen molar-refractivity contribution in [2.24, 2.45) is 5.41 Å². The van der Waals surface area contributed by atoms with Gasteiger partial charge in [0, 0.05) is 18.5 Å². The lowest BCUT2D eigenvalue weighted by atomic mass is 10.1. The summed E-state index contributed by atoms with van der Waals surface area (Å²) in [4.78, 5) is 23.4. The van der Waals surface area contributed by atoms with E-state index in [9.17, 15) is 9.59 Å². The summed E-state index contributed by atoms with van der Waals surface area (Å²) in [6, 6.07) is 5.34. The zero-order chi connectivity index (χ0) is 15.6. The van der Waals surface area contributed by atoms with Gasteiger partial charge in [0.2, 0.25) is 6.79 Å². The van der Waals surface area contributed by atoms with Crippen LogP contribution in [0.15, 0.2) is 18.2 Å². The minimum atomic E-state index is -0.689. The number of aliphatic hydroxyl groups is 1. The van der Waals surface area contributed by atoms with E-state index in [1.165, 1.54) is 0 Å². The Kier molecular flexibility index (Phi) is 3.89. The molecule has 0 radical (unpaired) electrons. The number of carbonyl (C=O) groups excluding carboxylic acids is 2. The maximum Gasteiger partial charge on any atom is 0.309 e. The molecule has 1 heterocycles. The van der Waals surface area contributed by atoms with Crippen molar-refractivity contribution < 1.29 is 24.2 Å². The number of carbonyl (C=O) groups is 2. The quantitative estimate of drug-likeness (QED) is 0.661. The Bertz CT molecular complexity index is 598. The largest absolute Gasteiger partial charge is 0.454 e. The van der Waals surface area contributed by atoms with Gasteiger partial charge >= 0.3 is 11.8 Å². The molecule has 7 heteroatoms. The van der Waals surface area contributed by atoms with Gasteiger partial charge in [-0.15, -0.1) is 0 Å². The van der Waals surface area contributed by atoms with E-state index in [2.05, 4.69) is 10.6 Å². The minimum absolute atomic E-state index is 0.0338. The van der Waals surface area contributed by atoms with Crippen LogP contribution in [0.5, 0.6) is 11.5 Å². The molecule has 0 aromatic heterocycles. The zero-order valence-corrected chi connectivity index (χ0v) is 12.1. The van der Waals surface area contributed by atoms with Gasteiger partial charge in [0.05, 0.1) is 6.61 Å². The van der Waals surface area contributed by atoms with Crippen LogP contribution < -0.4 is 20.1 Å². The van der Waals surface area contributed by atoms with E-state index in [1.54, 1.807) is 18.2 Å². The fraction of sp³-hybridized carbons (Fsp3) is 0.467. The summed E-state index contributed by atoms with van der Waals surface area (Å²) in [5.41, 5.74) is 0.604. The maximum absolute atomic E-state index is 11.7. The lowest BCUT2D eigenvalue weighted by Gasteiger charge is -2.12. The Labute approximate surface area is 127 Å². The normalized spacial score (nSPS) is 17.0. The summed E-state index contributed by atoms with van der Waals surface area (Å²) in [6.07, 6.45) is 1.76. The first-order valence-electron chi connectivity index (χ1n) is 7.17. The maximum atomic E-state index is 11.7. The molecule has 2 aliphatic rings. The number of fused-ring (bicyclic) bond motifs is 1. The smallest absolute Gasteiger partial charge is 0.309 e. The molecule has 1 aromatic carbocycles. The van der Waals surface area contributed by atoms with Gasteiger partial charge in [0.15, 0.2) is 11.5 Å². The van der Waals surface area contributed by atoms with Gasteiger partial charge in [-0.3, -0.25) is 9.59 Å². The molecule has 0 spiro atoms. The highest BCUT2D eigenvalue weighted by atomic mass is 16.7. The van der Waals surface area contributed by atoms with Crippen LogP contribution >= 0.6 is 0 Å². The first-order chi connectivity index (χ1) is 10.6. The number of aliphatic hydroxyl groups excluding tert-OH is 1. The SMILES string of the molecule is O=C(NCc1ccc2c(c1)OCO2)C(=O)NCC1(CO)CC1. The van der Waals surface area contributed by atoms with Crippen molar-refractivity contribution in [2.75, 3.05) is 19.9 Å². The standard InChI is InChI=1S/C15H18N2O5/c18-8-15(3-4-15)7-17-14(20)13(19)16-6-10-1-2-11-12(5-10)22-9-21-11/h1-2,5,18H,3-4,6-9H2,(H,16,19)(H,17,20). The highest BCUT2D eigenvalue weighted by Gasteiger charge is 2.42. The van der Waals surface area contributed by atoms with Crippen LogP contribution in [0.1, 0.15) is 18.4 Å². The molecule has 118 valence electrons. The highest BCUT2D eigenvalue weighted by Crippen LogP contribution is 2.44. The fourth-order valence-electron chi connectivity index (χ4n) is 2.23. The van der Waals surface area contributed by atoms with E-state index in [0.717, 1.165) is 18.4 Å². The molecule has 1 fully saturated rings. The lowest BCUT2D eigenvalue weighted by molar-refractivity contribution is -0.139. The molecule has 22 heavy (non-hydrogen) atoms. The summed E-state index contributed by atoms with van der Waals surface area (Å²) in [7, 11) is 0. The van der Waals surface area contributed by atoms with Crippen molar-refractivity contribution in [1.82, 2.24) is 10.6 Å². The number of benzene rings is 1. The average Bonchev–Trinajstić information content (AvgIpc) is 3.18. The van der Waals surface area contributed by atoms with Crippen LogP contribution in [0.2, 0.25) is 0 Å². The molecule has 0 bridgehead atoms. The van der Waals surface area contributed by atoms with Crippen LogP contribution in [0.4, 0.5) is 0 Å². The zero-order valence-electron chi connectivity index (χ0n) is 12.1. The number of hydrogen-bond donors (Lipinski definition) is 3. The van der Waals surface area contributed by atoms with E-state index in [1.807, 2.05) is 0 Å². The van der Waals surface area contributed by atoms with Crippen molar-refractivity contribution in [2.45, 2.75) is 19.4 Å². The molecule has 0 saturated heterocycles. The van der Waals surface area contributed by atoms with Gasteiger partial charge in [0.25, 0.3) is 0 Å². The van der Waals surface area contributed by atoms with Crippen molar-refractivity contribution in [3.63, 3.8) is 0 Å². The molecule has 1 aliphatic carbocycles. The molecular formula is C15H18N2O5. The Morgan fingerprint density at radius 3 is 2.59 bits per heavy atom. The predicted molar refractivity (Wildman–Crippen MR) is 76.2 cm³/mol. The summed E-state index contributed by atoms with van der Waals surface area (Å²) >= 11 is 0. The molecule has 1 saturated carbocycles. The van der Waals surface area contributed by atoms with Gasteiger partial charge < -0.3 is 25.2 Å². The lowest BCUT2D eigenvalue weighted by Crippen LogP contribution is -2.42. The van der Waals surface area contributed by atoms with Crippen LogP contribution in [0.3, 0.4) is 0 Å². The molecule has 0 unspecified atom stereocenters. The molecule has 1 aromatic rings. The van der Waals surface area contributed by atoms with Crippen LogP contribution in [-0.2, 0) is 16.1 Å². The molecule has 1 aliphatic heterocycles. The first-order valence-corrected chi connectivity index (χ1v) is 7.17. The molecule has 0 atom stereocenters.